The molecule has 3 rings (SSSR count). The molecule has 0 saturated carbocycles. The molecule has 6 heteroatoms. The molecule has 1 aromatic heterocycles. The molecule has 1 N–H and O–H groups in total. The first-order valence-corrected chi connectivity index (χ1v) is 7.87. The highest BCUT2D eigenvalue weighted by molar-refractivity contribution is 5.95. The third kappa shape index (κ3) is 3.69. The molecule has 126 valence electrons. The van der Waals surface area contributed by atoms with E-state index in [9.17, 15) is 8.78 Å². The molecule has 1 aliphatic rings. The van der Waals surface area contributed by atoms with Crippen LogP contribution >= 0.6 is 0 Å². The van der Waals surface area contributed by atoms with Crippen LogP contribution in [0.15, 0.2) is 48.7 Å². The van der Waals surface area contributed by atoms with Crippen LogP contribution in [0.5, 0.6) is 0 Å². The monoisotopic (exact) mass is 330 g/mol. The van der Waals surface area contributed by atoms with Gasteiger partial charge in [0.1, 0.15) is 11.5 Å². The Kier molecular flexibility index (Phi) is 4.46. The van der Waals surface area contributed by atoms with Gasteiger partial charge >= 0.3 is 0 Å². The molecular weight excluding hydrogens is 310 g/mol. The van der Waals surface area contributed by atoms with Crippen molar-refractivity contribution in [3.05, 3.63) is 59.9 Å². The summed E-state index contributed by atoms with van der Waals surface area (Å²) in [7, 11) is 1.83. The number of hydrogen-bond donors (Lipinski definition) is 1. The lowest BCUT2D eigenvalue weighted by atomic mass is 10.2. The summed E-state index contributed by atoms with van der Waals surface area (Å²) in [4.78, 5) is 7.67. The van der Waals surface area contributed by atoms with Gasteiger partial charge in [-0.05, 0) is 17.7 Å². The molecule has 0 bridgehead atoms. The van der Waals surface area contributed by atoms with Gasteiger partial charge in [0, 0.05) is 38.4 Å². The average Bonchev–Trinajstić information content (AvgIpc) is 2.95. The number of benzene rings is 1. The third-order valence-electron chi connectivity index (χ3n) is 4.17. The van der Waals surface area contributed by atoms with Gasteiger partial charge in [0.15, 0.2) is 0 Å². The predicted octanol–water partition coefficient (Wildman–Crippen LogP) is 3.38. The van der Waals surface area contributed by atoms with E-state index >= 15 is 0 Å². The summed E-state index contributed by atoms with van der Waals surface area (Å²) >= 11 is 0. The zero-order valence-electron chi connectivity index (χ0n) is 13.5. The standard InChI is InChI=1S/C18H20F2N4/c1-23(12-14-5-3-2-4-6-14)17(21)16-11-15(7-9-22-16)24-10-8-18(19,20)13-24/h2-7,9,11,21H,8,10,12-13H2,1H3. The molecular formula is C18H20F2N4. The van der Waals surface area contributed by atoms with Gasteiger partial charge in [0.25, 0.3) is 5.92 Å². The maximum absolute atomic E-state index is 13.4. The average molecular weight is 330 g/mol. The van der Waals surface area contributed by atoms with Crippen molar-refractivity contribution < 1.29 is 8.78 Å². The maximum Gasteiger partial charge on any atom is 0.266 e. The Bertz CT molecular complexity index is 718. The van der Waals surface area contributed by atoms with Gasteiger partial charge in [0.05, 0.1) is 6.54 Å². The lowest BCUT2D eigenvalue weighted by molar-refractivity contribution is 0.0257. The first kappa shape index (κ1) is 16.4. The van der Waals surface area contributed by atoms with Crippen molar-refractivity contribution in [2.24, 2.45) is 0 Å². The summed E-state index contributed by atoms with van der Waals surface area (Å²) in [6.07, 6.45) is 1.45. The molecule has 4 nitrogen and oxygen atoms in total. The first-order chi connectivity index (χ1) is 11.4. The van der Waals surface area contributed by atoms with E-state index in [0.29, 0.717) is 24.5 Å². The van der Waals surface area contributed by atoms with E-state index < -0.39 is 5.92 Å². The Morgan fingerprint density at radius 1 is 1.29 bits per heavy atom. The van der Waals surface area contributed by atoms with Crippen LogP contribution in [0.2, 0.25) is 0 Å². The van der Waals surface area contributed by atoms with Gasteiger partial charge in [-0.25, -0.2) is 8.78 Å². The lowest BCUT2D eigenvalue weighted by Crippen LogP contribution is -2.28. The topological polar surface area (TPSA) is 43.2 Å². The van der Waals surface area contributed by atoms with E-state index in [1.807, 2.05) is 37.4 Å². The van der Waals surface area contributed by atoms with Crippen molar-refractivity contribution in [1.82, 2.24) is 9.88 Å². The summed E-state index contributed by atoms with van der Waals surface area (Å²) in [6.45, 7) is 0.640. The summed E-state index contributed by atoms with van der Waals surface area (Å²) in [5, 5.41) is 8.33. The molecule has 0 aliphatic carbocycles. The first-order valence-electron chi connectivity index (χ1n) is 7.87. The molecule has 1 saturated heterocycles. The number of amidine groups is 1. The fraction of sp³-hybridized carbons (Fsp3) is 0.333. The van der Waals surface area contributed by atoms with E-state index in [2.05, 4.69) is 4.98 Å². The molecule has 0 atom stereocenters. The van der Waals surface area contributed by atoms with Crippen LogP contribution in [0, 0.1) is 5.41 Å². The molecule has 2 heterocycles. The van der Waals surface area contributed by atoms with Crippen LogP contribution in [0.25, 0.3) is 0 Å². The van der Waals surface area contributed by atoms with E-state index in [0.717, 1.165) is 5.56 Å². The van der Waals surface area contributed by atoms with Crippen molar-refractivity contribution in [3.8, 4) is 0 Å². The summed E-state index contributed by atoms with van der Waals surface area (Å²) in [6, 6.07) is 13.3. The quantitative estimate of drug-likeness (QED) is 0.690. The van der Waals surface area contributed by atoms with Crippen molar-refractivity contribution in [2.75, 3.05) is 25.0 Å². The van der Waals surface area contributed by atoms with E-state index in [1.54, 1.807) is 28.1 Å². The Morgan fingerprint density at radius 2 is 2.04 bits per heavy atom. The second-order valence-corrected chi connectivity index (χ2v) is 6.12. The Labute approximate surface area is 140 Å². The van der Waals surface area contributed by atoms with Crippen molar-refractivity contribution in [1.29, 1.82) is 5.41 Å². The minimum atomic E-state index is -2.64. The number of nitrogens with zero attached hydrogens (tertiary/aromatic N) is 3. The molecule has 1 aliphatic heterocycles. The second kappa shape index (κ2) is 6.55. The van der Waals surface area contributed by atoms with E-state index in [-0.39, 0.29) is 18.8 Å². The molecule has 24 heavy (non-hydrogen) atoms. The molecule has 1 aromatic carbocycles. The highest BCUT2D eigenvalue weighted by Gasteiger charge is 2.38. The van der Waals surface area contributed by atoms with Crippen LogP contribution < -0.4 is 4.90 Å². The molecule has 1 fully saturated rings. The third-order valence-corrected chi connectivity index (χ3v) is 4.17. The smallest absolute Gasteiger partial charge is 0.266 e. The normalized spacial score (nSPS) is 16.2. The number of hydrogen-bond acceptors (Lipinski definition) is 3. The largest absolute Gasteiger partial charge is 0.365 e. The SMILES string of the molecule is CN(Cc1ccccc1)C(=N)c1cc(N2CCC(F)(F)C2)ccn1. The highest BCUT2D eigenvalue weighted by atomic mass is 19.3. The number of rotatable bonds is 4. The second-order valence-electron chi connectivity index (χ2n) is 6.12. The molecule has 2 aromatic rings. The Hall–Kier alpha value is -2.50. The zero-order chi connectivity index (χ0) is 17.2. The van der Waals surface area contributed by atoms with Gasteiger partial charge in [-0.2, -0.15) is 0 Å². The fourth-order valence-electron chi connectivity index (χ4n) is 2.83. The number of nitrogens with one attached hydrogen (secondary N) is 1. The predicted molar refractivity (Wildman–Crippen MR) is 90.8 cm³/mol. The summed E-state index contributed by atoms with van der Waals surface area (Å²) < 4.78 is 26.8. The molecule has 0 radical (unpaired) electrons. The number of halogens is 2. The molecule has 0 unspecified atom stereocenters. The van der Waals surface area contributed by atoms with Crippen molar-refractivity contribution in [2.45, 2.75) is 18.9 Å². The highest BCUT2D eigenvalue weighted by Crippen LogP contribution is 2.30. The summed E-state index contributed by atoms with van der Waals surface area (Å²) in [5.41, 5.74) is 2.27. The molecule has 0 spiro atoms. The zero-order valence-corrected chi connectivity index (χ0v) is 13.5. The minimum Gasteiger partial charge on any atom is -0.365 e. The Morgan fingerprint density at radius 3 is 2.71 bits per heavy atom. The van der Waals surface area contributed by atoms with Gasteiger partial charge in [-0.1, -0.05) is 30.3 Å². The van der Waals surface area contributed by atoms with Gasteiger partial charge < -0.3 is 9.80 Å². The van der Waals surface area contributed by atoms with Crippen molar-refractivity contribution >= 4 is 11.5 Å². The number of pyridine rings is 1. The van der Waals surface area contributed by atoms with Crippen LogP contribution in [-0.4, -0.2) is 41.8 Å². The van der Waals surface area contributed by atoms with Crippen LogP contribution in [0.4, 0.5) is 14.5 Å². The van der Waals surface area contributed by atoms with E-state index in [1.165, 1.54) is 0 Å². The van der Waals surface area contributed by atoms with Crippen LogP contribution in [0.3, 0.4) is 0 Å². The maximum atomic E-state index is 13.4. The van der Waals surface area contributed by atoms with Crippen LogP contribution in [0.1, 0.15) is 17.7 Å². The number of anilines is 1. The summed E-state index contributed by atoms with van der Waals surface area (Å²) in [5.74, 6) is -2.37. The van der Waals surface area contributed by atoms with Crippen molar-refractivity contribution in [3.63, 3.8) is 0 Å². The van der Waals surface area contributed by atoms with Gasteiger partial charge in [-0.15, -0.1) is 0 Å². The minimum absolute atomic E-state index is 0.129. The van der Waals surface area contributed by atoms with Gasteiger partial charge in [0.2, 0.25) is 0 Å². The van der Waals surface area contributed by atoms with Gasteiger partial charge in [-0.3, -0.25) is 10.4 Å². The van der Waals surface area contributed by atoms with Crippen LogP contribution in [-0.2, 0) is 6.54 Å². The molecule has 0 amide bonds. The fourth-order valence-corrected chi connectivity index (χ4v) is 2.83. The number of alkyl halides is 2. The Balaban J connectivity index is 1.72. The number of aromatic nitrogens is 1. The lowest BCUT2D eigenvalue weighted by Gasteiger charge is -2.22. The van der Waals surface area contributed by atoms with E-state index in [4.69, 9.17) is 5.41 Å².